The molecule has 0 fully saturated rings. The number of benzene rings is 1. The third-order valence-corrected chi connectivity index (χ3v) is 5.03. The molecule has 21 heavy (non-hydrogen) atoms. The summed E-state index contributed by atoms with van der Waals surface area (Å²) in [5.41, 5.74) is 0. The van der Waals surface area contributed by atoms with Crippen LogP contribution in [-0.4, -0.2) is 17.8 Å². The van der Waals surface area contributed by atoms with Crippen molar-refractivity contribution in [1.82, 2.24) is 5.32 Å². The van der Waals surface area contributed by atoms with Crippen LogP contribution in [0.2, 0.25) is 0 Å². The van der Waals surface area contributed by atoms with E-state index in [0.717, 1.165) is 34.7 Å². The SMILES string of the molecule is CCCC(CCBr)CNC(=O)c1cc2ccc(F)cc2s1. The van der Waals surface area contributed by atoms with Crippen LogP contribution in [0.5, 0.6) is 0 Å². The second kappa shape index (κ2) is 7.90. The molecule has 114 valence electrons. The molecule has 0 aliphatic heterocycles. The van der Waals surface area contributed by atoms with Crippen molar-refractivity contribution in [3.05, 3.63) is 35.0 Å². The van der Waals surface area contributed by atoms with Gasteiger partial charge in [0.2, 0.25) is 0 Å². The number of hydrogen-bond acceptors (Lipinski definition) is 2. The van der Waals surface area contributed by atoms with Crippen molar-refractivity contribution in [2.75, 3.05) is 11.9 Å². The average Bonchev–Trinajstić information content (AvgIpc) is 2.88. The fourth-order valence-electron chi connectivity index (χ4n) is 2.35. The molecule has 1 aromatic heterocycles. The number of carbonyl (C=O) groups excluding carboxylic acids is 1. The van der Waals surface area contributed by atoms with Gasteiger partial charge >= 0.3 is 0 Å². The summed E-state index contributed by atoms with van der Waals surface area (Å²) < 4.78 is 14.0. The number of hydrogen-bond donors (Lipinski definition) is 1. The molecule has 1 N–H and O–H groups in total. The van der Waals surface area contributed by atoms with E-state index in [2.05, 4.69) is 28.2 Å². The van der Waals surface area contributed by atoms with Gasteiger partial charge in [0.15, 0.2) is 0 Å². The third kappa shape index (κ3) is 4.51. The number of amides is 1. The minimum Gasteiger partial charge on any atom is -0.351 e. The van der Waals surface area contributed by atoms with Crippen LogP contribution in [0.15, 0.2) is 24.3 Å². The van der Waals surface area contributed by atoms with Crippen LogP contribution in [0.3, 0.4) is 0 Å². The number of carbonyl (C=O) groups is 1. The van der Waals surface area contributed by atoms with Crippen molar-refractivity contribution in [1.29, 1.82) is 0 Å². The first-order chi connectivity index (χ1) is 10.1. The Morgan fingerprint density at radius 2 is 2.19 bits per heavy atom. The van der Waals surface area contributed by atoms with Crippen molar-refractivity contribution in [3.8, 4) is 0 Å². The molecule has 1 amide bonds. The normalized spacial score (nSPS) is 12.5. The van der Waals surface area contributed by atoms with Gasteiger partial charge in [0.05, 0.1) is 4.88 Å². The maximum absolute atomic E-state index is 13.2. The topological polar surface area (TPSA) is 29.1 Å². The van der Waals surface area contributed by atoms with Crippen molar-refractivity contribution < 1.29 is 9.18 Å². The summed E-state index contributed by atoms with van der Waals surface area (Å²) in [5, 5.41) is 4.87. The van der Waals surface area contributed by atoms with Crippen molar-refractivity contribution in [2.45, 2.75) is 26.2 Å². The standard InChI is InChI=1S/C16H19BrFNOS/c1-2-3-11(6-7-17)10-19-16(20)15-8-12-4-5-13(18)9-14(12)21-15/h4-5,8-9,11H,2-3,6-7,10H2,1H3,(H,19,20). The Bertz CT molecular complexity index is 607. The summed E-state index contributed by atoms with van der Waals surface area (Å²) in [6.07, 6.45) is 3.30. The van der Waals surface area contributed by atoms with E-state index in [0.29, 0.717) is 17.3 Å². The van der Waals surface area contributed by atoms with Crippen molar-refractivity contribution in [3.63, 3.8) is 0 Å². The van der Waals surface area contributed by atoms with Gasteiger partial charge < -0.3 is 5.32 Å². The lowest BCUT2D eigenvalue weighted by atomic mass is 10.0. The highest BCUT2D eigenvalue weighted by Crippen LogP contribution is 2.26. The maximum Gasteiger partial charge on any atom is 0.261 e. The molecule has 1 aromatic carbocycles. The third-order valence-electron chi connectivity index (χ3n) is 3.47. The molecule has 1 unspecified atom stereocenters. The van der Waals surface area contributed by atoms with Crippen LogP contribution in [0.25, 0.3) is 10.1 Å². The second-order valence-electron chi connectivity index (χ2n) is 5.14. The fraction of sp³-hybridized carbons (Fsp3) is 0.438. The van der Waals surface area contributed by atoms with E-state index in [1.807, 2.05) is 6.07 Å². The van der Waals surface area contributed by atoms with E-state index in [1.54, 1.807) is 6.07 Å². The molecule has 0 aliphatic rings. The first kappa shape index (κ1) is 16.4. The molecular weight excluding hydrogens is 353 g/mol. The zero-order chi connectivity index (χ0) is 15.2. The highest BCUT2D eigenvalue weighted by atomic mass is 79.9. The largest absolute Gasteiger partial charge is 0.351 e. The Morgan fingerprint density at radius 1 is 1.38 bits per heavy atom. The molecule has 0 radical (unpaired) electrons. The molecule has 2 aromatic rings. The number of thiophene rings is 1. The van der Waals surface area contributed by atoms with Gasteiger partial charge in [-0.25, -0.2) is 4.39 Å². The van der Waals surface area contributed by atoms with E-state index in [-0.39, 0.29) is 11.7 Å². The minimum atomic E-state index is -0.267. The van der Waals surface area contributed by atoms with Crippen LogP contribution in [0.4, 0.5) is 4.39 Å². The molecule has 2 nitrogen and oxygen atoms in total. The van der Waals surface area contributed by atoms with Crippen LogP contribution in [0.1, 0.15) is 35.9 Å². The van der Waals surface area contributed by atoms with Gasteiger partial charge in [0.1, 0.15) is 5.82 Å². The lowest BCUT2D eigenvalue weighted by Gasteiger charge is -2.15. The molecule has 0 saturated heterocycles. The Kier molecular flexibility index (Phi) is 6.18. The monoisotopic (exact) mass is 371 g/mol. The molecule has 1 atom stereocenters. The number of rotatable bonds is 7. The minimum absolute atomic E-state index is 0.0627. The van der Waals surface area contributed by atoms with Gasteiger partial charge in [-0.15, -0.1) is 11.3 Å². The predicted octanol–water partition coefficient (Wildman–Crippen LogP) is 4.97. The van der Waals surface area contributed by atoms with Crippen LogP contribution < -0.4 is 5.32 Å². The summed E-state index contributed by atoms with van der Waals surface area (Å²) in [4.78, 5) is 12.8. The van der Waals surface area contributed by atoms with E-state index in [1.165, 1.54) is 23.5 Å². The van der Waals surface area contributed by atoms with E-state index < -0.39 is 0 Å². The van der Waals surface area contributed by atoms with Crippen LogP contribution in [0, 0.1) is 11.7 Å². The second-order valence-corrected chi connectivity index (χ2v) is 7.01. The molecule has 0 aliphatic carbocycles. The molecule has 5 heteroatoms. The van der Waals surface area contributed by atoms with E-state index in [9.17, 15) is 9.18 Å². The Labute approximate surface area is 136 Å². The van der Waals surface area contributed by atoms with Crippen LogP contribution >= 0.6 is 27.3 Å². The lowest BCUT2D eigenvalue weighted by Crippen LogP contribution is -2.29. The molecular formula is C16H19BrFNOS. The number of alkyl halides is 1. The molecule has 1 heterocycles. The quantitative estimate of drug-likeness (QED) is 0.683. The average molecular weight is 372 g/mol. The Balaban J connectivity index is 2.01. The first-order valence-electron chi connectivity index (χ1n) is 7.17. The predicted molar refractivity (Wildman–Crippen MR) is 90.9 cm³/mol. The summed E-state index contributed by atoms with van der Waals surface area (Å²) in [5.74, 6) is 0.175. The Morgan fingerprint density at radius 3 is 2.90 bits per heavy atom. The molecule has 0 bridgehead atoms. The smallest absolute Gasteiger partial charge is 0.261 e. The fourth-order valence-corrected chi connectivity index (χ4v) is 4.00. The molecule has 0 spiro atoms. The van der Waals surface area contributed by atoms with Crippen molar-refractivity contribution >= 4 is 43.3 Å². The summed E-state index contributed by atoms with van der Waals surface area (Å²) in [6.45, 7) is 2.85. The van der Waals surface area contributed by atoms with Crippen molar-refractivity contribution in [2.24, 2.45) is 5.92 Å². The number of fused-ring (bicyclic) bond motifs is 1. The van der Waals surface area contributed by atoms with E-state index >= 15 is 0 Å². The zero-order valence-corrected chi connectivity index (χ0v) is 14.4. The van der Waals surface area contributed by atoms with E-state index in [4.69, 9.17) is 0 Å². The lowest BCUT2D eigenvalue weighted by molar-refractivity contribution is 0.0950. The zero-order valence-electron chi connectivity index (χ0n) is 12.0. The Hall–Kier alpha value is -0.940. The highest BCUT2D eigenvalue weighted by Gasteiger charge is 2.13. The summed E-state index contributed by atoms with van der Waals surface area (Å²) >= 11 is 4.79. The van der Waals surface area contributed by atoms with Crippen LogP contribution in [-0.2, 0) is 0 Å². The highest BCUT2D eigenvalue weighted by molar-refractivity contribution is 9.09. The van der Waals surface area contributed by atoms with Gasteiger partial charge in [-0.2, -0.15) is 0 Å². The van der Waals surface area contributed by atoms with Gasteiger partial charge in [-0.05, 0) is 42.3 Å². The number of nitrogens with one attached hydrogen (secondary N) is 1. The molecule has 0 saturated carbocycles. The van der Waals surface area contributed by atoms with Gasteiger partial charge in [0, 0.05) is 16.6 Å². The van der Waals surface area contributed by atoms with Gasteiger partial charge in [-0.1, -0.05) is 35.3 Å². The maximum atomic E-state index is 13.2. The summed E-state index contributed by atoms with van der Waals surface area (Å²) in [7, 11) is 0. The first-order valence-corrected chi connectivity index (χ1v) is 9.11. The van der Waals surface area contributed by atoms with Gasteiger partial charge in [-0.3, -0.25) is 4.79 Å². The summed E-state index contributed by atoms with van der Waals surface area (Å²) in [6, 6.07) is 6.43. The molecule has 2 rings (SSSR count). The number of halogens is 2. The van der Waals surface area contributed by atoms with Gasteiger partial charge in [0.25, 0.3) is 5.91 Å².